The zero-order valence-electron chi connectivity index (χ0n) is 9.89. The number of carbonyl (C=O) groups excluding carboxylic acids is 1. The zero-order valence-corrected chi connectivity index (χ0v) is 12.0. The lowest BCUT2D eigenvalue weighted by Crippen LogP contribution is -2.39. The van der Waals surface area contributed by atoms with Crippen LogP contribution in [0.1, 0.15) is 10.4 Å². The molecular formula is C12H12INO5. The number of rotatable bonds is 3. The highest BCUT2D eigenvalue weighted by atomic mass is 127. The largest absolute Gasteiger partial charge is 0.478 e. The zero-order chi connectivity index (χ0) is 13.8. The normalized spacial score (nSPS) is 18.9. The summed E-state index contributed by atoms with van der Waals surface area (Å²) in [5.41, 5.74) is 0.309. The van der Waals surface area contributed by atoms with Gasteiger partial charge in [-0.25, -0.2) is 4.79 Å². The molecule has 2 N–H and O–H groups in total. The van der Waals surface area contributed by atoms with Crippen LogP contribution in [0.4, 0.5) is 5.69 Å². The van der Waals surface area contributed by atoms with Gasteiger partial charge in [0, 0.05) is 3.57 Å². The third kappa shape index (κ3) is 3.64. The van der Waals surface area contributed by atoms with E-state index in [-0.39, 0.29) is 17.9 Å². The van der Waals surface area contributed by atoms with Crippen LogP contribution in [0.15, 0.2) is 18.2 Å². The van der Waals surface area contributed by atoms with Crippen molar-refractivity contribution in [3.63, 3.8) is 0 Å². The number of ether oxygens (including phenoxy) is 2. The van der Waals surface area contributed by atoms with Crippen molar-refractivity contribution in [1.29, 1.82) is 0 Å². The maximum absolute atomic E-state index is 11.9. The molecular weight excluding hydrogens is 365 g/mol. The summed E-state index contributed by atoms with van der Waals surface area (Å²) in [4.78, 5) is 23.0. The highest BCUT2D eigenvalue weighted by molar-refractivity contribution is 14.1. The molecule has 0 spiro atoms. The second kappa shape index (κ2) is 6.31. The van der Waals surface area contributed by atoms with Crippen LogP contribution in [-0.4, -0.2) is 42.9 Å². The van der Waals surface area contributed by atoms with Gasteiger partial charge < -0.3 is 19.9 Å². The van der Waals surface area contributed by atoms with E-state index in [1.807, 2.05) is 22.6 Å². The molecule has 0 saturated carbocycles. The number of carboxylic acid groups (broad SMARTS) is 1. The van der Waals surface area contributed by atoms with Crippen LogP contribution in [-0.2, 0) is 14.3 Å². The van der Waals surface area contributed by atoms with Crippen molar-refractivity contribution < 1.29 is 24.2 Å². The Kier molecular flexibility index (Phi) is 4.72. The molecule has 1 aliphatic rings. The number of amides is 1. The monoisotopic (exact) mass is 377 g/mol. The van der Waals surface area contributed by atoms with Crippen molar-refractivity contribution in [1.82, 2.24) is 0 Å². The molecule has 6 nitrogen and oxygen atoms in total. The molecule has 0 bridgehead atoms. The minimum Gasteiger partial charge on any atom is -0.478 e. The minimum absolute atomic E-state index is 0.0528. The van der Waals surface area contributed by atoms with Gasteiger partial charge in [-0.1, -0.05) is 0 Å². The lowest BCUT2D eigenvalue weighted by atomic mass is 10.1. The van der Waals surface area contributed by atoms with Crippen LogP contribution in [0.2, 0.25) is 0 Å². The SMILES string of the molecule is O=C(O)c1cc(I)ccc1NC(=O)C1COCCO1. The molecule has 0 aliphatic carbocycles. The Morgan fingerprint density at radius 1 is 1.37 bits per heavy atom. The quantitative estimate of drug-likeness (QED) is 0.777. The highest BCUT2D eigenvalue weighted by Gasteiger charge is 2.24. The maximum Gasteiger partial charge on any atom is 0.337 e. The summed E-state index contributed by atoms with van der Waals surface area (Å²) in [7, 11) is 0. The number of halogens is 1. The summed E-state index contributed by atoms with van der Waals surface area (Å²) in [5, 5.41) is 11.7. The van der Waals surface area contributed by atoms with Crippen LogP contribution in [0.5, 0.6) is 0 Å². The Labute approximate surface area is 123 Å². The second-order valence-electron chi connectivity index (χ2n) is 3.92. The van der Waals surface area contributed by atoms with Crippen molar-refractivity contribution in [2.75, 3.05) is 25.1 Å². The molecule has 7 heteroatoms. The van der Waals surface area contributed by atoms with E-state index in [0.717, 1.165) is 3.57 Å². The van der Waals surface area contributed by atoms with E-state index in [9.17, 15) is 9.59 Å². The third-order valence-corrected chi connectivity index (χ3v) is 3.25. The third-order valence-electron chi connectivity index (χ3n) is 2.58. The summed E-state index contributed by atoms with van der Waals surface area (Å²) in [5.74, 6) is -1.49. The molecule has 1 aromatic rings. The van der Waals surface area contributed by atoms with Gasteiger partial charge in [0.25, 0.3) is 5.91 Å². The fourth-order valence-corrected chi connectivity index (χ4v) is 2.15. The van der Waals surface area contributed by atoms with Crippen LogP contribution in [0, 0.1) is 3.57 Å². The summed E-state index contributed by atoms with van der Waals surface area (Å²) in [6, 6.07) is 4.78. The number of hydrogen-bond acceptors (Lipinski definition) is 4. The minimum atomic E-state index is -1.09. The van der Waals surface area contributed by atoms with Crippen LogP contribution >= 0.6 is 22.6 Å². The standard InChI is InChI=1S/C12H12INO5/c13-7-1-2-9(8(5-7)12(16)17)14-11(15)10-6-18-3-4-19-10/h1-2,5,10H,3-4,6H2,(H,14,15)(H,16,17). The first kappa shape index (κ1) is 14.2. The molecule has 1 aromatic carbocycles. The Morgan fingerprint density at radius 3 is 2.79 bits per heavy atom. The number of carbonyl (C=O) groups is 2. The van der Waals surface area contributed by atoms with Crippen LogP contribution in [0.25, 0.3) is 0 Å². The molecule has 1 amide bonds. The molecule has 1 fully saturated rings. The van der Waals surface area contributed by atoms with Crippen molar-refractivity contribution in [3.05, 3.63) is 27.3 Å². The van der Waals surface area contributed by atoms with Crippen LogP contribution in [0.3, 0.4) is 0 Å². The molecule has 1 unspecified atom stereocenters. The molecule has 1 saturated heterocycles. The Hall–Kier alpha value is -1.19. The summed E-state index contributed by atoms with van der Waals surface area (Å²) >= 11 is 2.01. The van der Waals surface area contributed by atoms with Gasteiger partial charge >= 0.3 is 5.97 Å². The van der Waals surface area contributed by atoms with Gasteiger partial charge in [-0.05, 0) is 40.8 Å². The first-order chi connectivity index (χ1) is 9.08. The average molecular weight is 377 g/mol. The highest BCUT2D eigenvalue weighted by Crippen LogP contribution is 2.19. The summed E-state index contributed by atoms with van der Waals surface area (Å²) < 4.78 is 11.2. The van der Waals surface area contributed by atoms with E-state index >= 15 is 0 Å². The Morgan fingerprint density at radius 2 is 2.16 bits per heavy atom. The first-order valence-electron chi connectivity index (χ1n) is 5.61. The van der Waals surface area contributed by atoms with Gasteiger partial charge in [0.1, 0.15) is 0 Å². The van der Waals surface area contributed by atoms with Crippen molar-refractivity contribution in [3.8, 4) is 0 Å². The molecule has 2 rings (SSSR count). The van der Waals surface area contributed by atoms with Crippen molar-refractivity contribution in [2.45, 2.75) is 6.10 Å². The van der Waals surface area contributed by atoms with E-state index in [1.54, 1.807) is 12.1 Å². The Bertz CT molecular complexity index is 499. The molecule has 1 heterocycles. The smallest absolute Gasteiger partial charge is 0.337 e. The topological polar surface area (TPSA) is 84.9 Å². The van der Waals surface area contributed by atoms with E-state index < -0.39 is 18.0 Å². The summed E-state index contributed by atoms with van der Waals surface area (Å²) in [6.45, 7) is 1.00. The Balaban J connectivity index is 2.13. The number of benzene rings is 1. The molecule has 1 atom stereocenters. The lowest BCUT2D eigenvalue weighted by molar-refractivity contribution is -0.142. The number of aromatic carboxylic acids is 1. The summed E-state index contributed by atoms with van der Waals surface area (Å²) in [6.07, 6.45) is -0.699. The van der Waals surface area contributed by atoms with E-state index in [0.29, 0.717) is 13.2 Å². The first-order valence-corrected chi connectivity index (χ1v) is 6.69. The molecule has 0 radical (unpaired) electrons. The van der Waals surface area contributed by atoms with E-state index in [4.69, 9.17) is 14.6 Å². The predicted molar refractivity (Wildman–Crippen MR) is 75.3 cm³/mol. The fraction of sp³-hybridized carbons (Fsp3) is 0.333. The van der Waals surface area contributed by atoms with E-state index in [2.05, 4.69) is 5.32 Å². The molecule has 19 heavy (non-hydrogen) atoms. The molecule has 0 aromatic heterocycles. The van der Waals surface area contributed by atoms with Gasteiger partial charge in [0.05, 0.1) is 31.1 Å². The predicted octanol–water partition coefficient (Wildman–Crippen LogP) is 1.34. The van der Waals surface area contributed by atoms with Gasteiger partial charge in [-0.2, -0.15) is 0 Å². The lowest BCUT2D eigenvalue weighted by Gasteiger charge is -2.22. The number of anilines is 1. The van der Waals surface area contributed by atoms with Crippen LogP contribution < -0.4 is 5.32 Å². The van der Waals surface area contributed by atoms with Gasteiger partial charge in [0.15, 0.2) is 6.10 Å². The average Bonchev–Trinajstić information content (AvgIpc) is 2.41. The number of nitrogens with one attached hydrogen (secondary N) is 1. The van der Waals surface area contributed by atoms with E-state index in [1.165, 1.54) is 6.07 Å². The van der Waals surface area contributed by atoms with Gasteiger partial charge in [-0.15, -0.1) is 0 Å². The molecule has 1 aliphatic heterocycles. The maximum atomic E-state index is 11.9. The fourth-order valence-electron chi connectivity index (χ4n) is 1.65. The molecule has 102 valence electrons. The van der Waals surface area contributed by atoms with Gasteiger partial charge in [0.2, 0.25) is 0 Å². The number of carboxylic acids is 1. The van der Waals surface area contributed by atoms with Gasteiger partial charge in [-0.3, -0.25) is 4.79 Å². The van der Waals surface area contributed by atoms with Crippen molar-refractivity contribution in [2.24, 2.45) is 0 Å². The second-order valence-corrected chi connectivity index (χ2v) is 5.16. The number of hydrogen-bond donors (Lipinski definition) is 2. The van der Waals surface area contributed by atoms with Crippen molar-refractivity contribution >= 4 is 40.2 Å².